The summed E-state index contributed by atoms with van der Waals surface area (Å²) in [6.07, 6.45) is 3.18. The first-order valence-corrected chi connectivity index (χ1v) is 14.9. The molecular formula is C28H28Cl2N4O4S. The van der Waals surface area contributed by atoms with Crippen molar-refractivity contribution in [1.29, 1.82) is 0 Å². The van der Waals surface area contributed by atoms with Crippen LogP contribution in [0.5, 0.6) is 0 Å². The van der Waals surface area contributed by atoms with Crippen LogP contribution < -0.4 is 11.1 Å². The fraction of sp³-hybridized carbons (Fsp3) is 0.286. The van der Waals surface area contributed by atoms with Gasteiger partial charge in [0.2, 0.25) is 0 Å². The Morgan fingerprint density at radius 2 is 1.79 bits per heavy atom. The van der Waals surface area contributed by atoms with Crippen LogP contribution in [0.25, 0.3) is 11.6 Å². The Morgan fingerprint density at radius 3 is 2.46 bits per heavy atom. The molecule has 204 valence electrons. The first kappa shape index (κ1) is 27.5. The Hall–Kier alpha value is -3.11. The quantitative estimate of drug-likeness (QED) is 0.364. The molecule has 3 aromatic rings. The number of carbonyl (C=O) groups is 2. The second kappa shape index (κ2) is 10.5. The average Bonchev–Trinajstić information content (AvgIpc) is 3.35. The van der Waals surface area contributed by atoms with E-state index in [1.165, 1.54) is 12.1 Å². The highest BCUT2D eigenvalue weighted by molar-refractivity contribution is 7.90. The van der Waals surface area contributed by atoms with Gasteiger partial charge >= 0.3 is 0 Å². The summed E-state index contributed by atoms with van der Waals surface area (Å²) in [6.45, 7) is 4.87. The summed E-state index contributed by atoms with van der Waals surface area (Å²) in [5.74, 6) is -0.814. The number of sulfone groups is 1. The van der Waals surface area contributed by atoms with Crippen LogP contribution in [-0.4, -0.2) is 49.2 Å². The number of hydrogen-bond acceptors (Lipinski definition) is 5. The summed E-state index contributed by atoms with van der Waals surface area (Å²) in [5, 5.41) is 3.32. The number of hydrogen-bond donors (Lipinski definition) is 3. The van der Waals surface area contributed by atoms with E-state index in [-0.39, 0.29) is 38.5 Å². The lowest BCUT2D eigenvalue weighted by molar-refractivity contribution is -0.110. The molecule has 0 bridgehead atoms. The van der Waals surface area contributed by atoms with Gasteiger partial charge in [-0.25, -0.2) is 8.42 Å². The second-order valence-corrected chi connectivity index (χ2v) is 12.8. The van der Waals surface area contributed by atoms with Crippen LogP contribution >= 0.6 is 23.2 Å². The van der Waals surface area contributed by atoms with Gasteiger partial charge in [-0.3, -0.25) is 9.59 Å². The fourth-order valence-electron chi connectivity index (χ4n) is 5.09. The molecule has 5 rings (SSSR count). The maximum absolute atomic E-state index is 13.3. The van der Waals surface area contributed by atoms with Crippen molar-refractivity contribution in [3.05, 3.63) is 80.1 Å². The highest BCUT2D eigenvalue weighted by Crippen LogP contribution is 2.37. The van der Waals surface area contributed by atoms with E-state index >= 15 is 0 Å². The number of anilines is 1. The number of nitrogens with one attached hydrogen (secondary N) is 2. The smallest absolute Gasteiger partial charge is 0.256 e. The number of nitrogens with two attached hydrogens (primary N) is 1. The third-order valence-electron chi connectivity index (χ3n) is 7.33. The maximum atomic E-state index is 13.3. The molecule has 2 amide bonds. The van der Waals surface area contributed by atoms with Crippen molar-refractivity contribution in [1.82, 2.24) is 9.88 Å². The monoisotopic (exact) mass is 586 g/mol. The van der Waals surface area contributed by atoms with Crippen LogP contribution in [0.4, 0.5) is 5.69 Å². The molecule has 4 N–H and O–H groups in total. The van der Waals surface area contributed by atoms with Crippen molar-refractivity contribution >= 4 is 62.2 Å². The number of halogens is 2. The molecule has 0 radical (unpaired) electrons. The highest BCUT2D eigenvalue weighted by atomic mass is 35.5. The molecule has 39 heavy (non-hydrogen) atoms. The number of rotatable bonds is 5. The van der Waals surface area contributed by atoms with Crippen LogP contribution in [0.3, 0.4) is 0 Å². The lowest BCUT2D eigenvalue weighted by atomic mass is 10.0. The third-order valence-corrected chi connectivity index (χ3v) is 9.68. The van der Waals surface area contributed by atoms with E-state index in [1.54, 1.807) is 30.3 Å². The molecule has 0 spiro atoms. The number of aryl methyl sites for hydroxylation is 1. The summed E-state index contributed by atoms with van der Waals surface area (Å²) in [7, 11) is -3.83. The highest BCUT2D eigenvalue weighted by Gasteiger charge is 2.30. The van der Waals surface area contributed by atoms with Gasteiger partial charge in [-0.15, -0.1) is 0 Å². The SMILES string of the molecule is Cc1[nH]c(C=C2C(=O)Nc3ccc(S(=O)(=O)Cc4c(Cl)cccc4Cl)cc32)c(C)c1C(=O)N1CCC(N)CC1. The maximum Gasteiger partial charge on any atom is 0.256 e. The van der Waals surface area contributed by atoms with Gasteiger partial charge in [0.05, 0.1) is 21.8 Å². The van der Waals surface area contributed by atoms with Gasteiger partial charge in [0.1, 0.15) is 0 Å². The van der Waals surface area contributed by atoms with Crippen molar-refractivity contribution in [2.45, 2.75) is 43.4 Å². The summed E-state index contributed by atoms with van der Waals surface area (Å²) in [6, 6.07) is 9.43. The Kier molecular flexibility index (Phi) is 7.37. The largest absolute Gasteiger partial charge is 0.358 e. The van der Waals surface area contributed by atoms with Gasteiger partial charge < -0.3 is 20.9 Å². The van der Waals surface area contributed by atoms with E-state index in [0.29, 0.717) is 52.4 Å². The van der Waals surface area contributed by atoms with Gasteiger partial charge in [-0.1, -0.05) is 29.3 Å². The van der Waals surface area contributed by atoms with Gasteiger partial charge in [0.25, 0.3) is 11.8 Å². The van der Waals surface area contributed by atoms with Crippen molar-refractivity contribution in [2.24, 2.45) is 5.73 Å². The number of aromatic amines is 1. The topological polar surface area (TPSA) is 125 Å². The number of likely N-dealkylation sites (tertiary alicyclic amines) is 1. The lowest BCUT2D eigenvalue weighted by Gasteiger charge is -2.30. The first-order valence-electron chi connectivity index (χ1n) is 12.5. The zero-order valence-corrected chi connectivity index (χ0v) is 23.8. The Balaban J connectivity index is 1.48. The number of H-pyrrole nitrogens is 1. The summed E-state index contributed by atoms with van der Waals surface area (Å²) in [5.41, 5.74) is 10.2. The predicted molar refractivity (Wildman–Crippen MR) is 154 cm³/mol. The molecule has 0 aliphatic carbocycles. The van der Waals surface area contributed by atoms with E-state index in [9.17, 15) is 18.0 Å². The minimum atomic E-state index is -3.83. The minimum absolute atomic E-state index is 0.0400. The zero-order valence-electron chi connectivity index (χ0n) is 21.5. The minimum Gasteiger partial charge on any atom is -0.358 e. The van der Waals surface area contributed by atoms with Gasteiger partial charge in [0.15, 0.2) is 9.84 Å². The van der Waals surface area contributed by atoms with Crippen LogP contribution in [0, 0.1) is 13.8 Å². The summed E-state index contributed by atoms with van der Waals surface area (Å²) < 4.78 is 26.6. The van der Waals surface area contributed by atoms with E-state index < -0.39 is 9.84 Å². The Bertz CT molecular complexity index is 1620. The number of piperidine rings is 1. The van der Waals surface area contributed by atoms with Crippen molar-refractivity contribution in [3.63, 3.8) is 0 Å². The zero-order chi connectivity index (χ0) is 28.1. The number of carbonyl (C=O) groups excluding carboxylic acids is 2. The molecular weight excluding hydrogens is 559 g/mol. The first-order chi connectivity index (χ1) is 18.5. The van der Waals surface area contributed by atoms with Crippen LogP contribution in [0.2, 0.25) is 10.0 Å². The molecule has 0 atom stereocenters. The normalized spacial score (nSPS) is 17.0. The van der Waals surface area contributed by atoms with Crippen molar-refractivity contribution < 1.29 is 18.0 Å². The molecule has 2 aliphatic heterocycles. The molecule has 2 aliphatic rings. The molecule has 3 heterocycles. The van der Waals surface area contributed by atoms with E-state index in [0.717, 1.165) is 18.4 Å². The standard InChI is InChI=1S/C28H28Cl2N4O4S/c1-15-25(32-16(2)26(15)28(36)34-10-8-17(31)9-11-34)13-20-19-12-18(6-7-24(19)33-27(20)35)39(37,38)14-21-22(29)4-3-5-23(21)30/h3-7,12-13,17,32H,8-11,14,31H2,1-2H3,(H,33,35). The number of nitrogens with zero attached hydrogens (tertiary/aromatic N) is 1. The summed E-state index contributed by atoms with van der Waals surface area (Å²) >= 11 is 12.4. The van der Waals surface area contributed by atoms with E-state index in [2.05, 4.69) is 10.3 Å². The van der Waals surface area contributed by atoms with E-state index in [4.69, 9.17) is 28.9 Å². The molecule has 8 nitrogen and oxygen atoms in total. The molecule has 1 aromatic heterocycles. The summed E-state index contributed by atoms with van der Waals surface area (Å²) in [4.78, 5) is 31.3. The number of amides is 2. The van der Waals surface area contributed by atoms with Gasteiger partial charge in [-0.2, -0.15) is 0 Å². The van der Waals surface area contributed by atoms with Crippen LogP contribution in [0.15, 0.2) is 41.3 Å². The second-order valence-electron chi connectivity index (χ2n) is 9.97. The molecule has 1 saturated heterocycles. The molecule has 0 saturated carbocycles. The number of benzene rings is 2. The average molecular weight is 588 g/mol. The molecule has 1 fully saturated rings. The number of aromatic nitrogens is 1. The van der Waals surface area contributed by atoms with Crippen molar-refractivity contribution in [2.75, 3.05) is 18.4 Å². The Labute approximate surface area is 237 Å². The molecule has 0 unspecified atom stereocenters. The van der Waals surface area contributed by atoms with Crippen LogP contribution in [-0.2, 0) is 20.4 Å². The fourth-order valence-corrected chi connectivity index (χ4v) is 7.21. The third kappa shape index (κ3) is 5.24. The van der Waals surface area contributed by atoms with Gasteiger partial charge in [-0.05, 0) is 68.7 Å². The number of fused-ring (bicyclic) bond motifs is 1. The van der Waals surface area contributed by atoms with Crippen molar-refractivity contribution in [3.8, 4) is 0 Å². The Morgan fingerprint density at radius 1 is 1.13 bits per heavy atom. The van der Waals surface area contributed by atoms with Crippen LogP contribution in [0.1, 0.15) is 51.3 Å². The predicted octanol–water partition coefficient (Wildman–Crippen LogP) is 4.97. The molecule has 11 heteroatoms. The lowest BCUT2D eigenvalue weighted by Crippen LogP contribution is -2.43. The van der Waals surface area contributed by atoms with E-state index in [1.807, 2.05) is 18.7 Å². The molecule has 2 aromatic carbocycles. The van der Waals surface area contributed by atoms with Gasteiger partial charge in [0, 0.05) is 57.4 Å².